The summed E-state index contributed by atoms with van der Waals surface area (Å²) in [6.07, 6.45) is 1.92. The lowest BCUT2D eigenvalue weighted by Gasteiger charge is -2.19. The van der Waals surface area contributed by atoms with Crippen molar-refractivity contribution in [2.75, 3.05) is 0 Å². The minimum atomic E-state index is 0.904. The first-order valence-electron chi connectivity index (χ1n) is 17.8. The molecule has 4 heteroatoms. The number of aromatic nitrogens is 4. The third-order valence-corrected chi connectivity index (χ3v) is 11.1. The van der Waals surface area contributed by atoms with Crippen LogP contribution in [-0.4, -0.2) is 18.9 Å². The Hall–Kier alpha value is -7.04. The zero-order chi connectivity index (χ0) is 33.9. The second-order valence-corrected chi connectivity index (χ2v) is 13.7. The van der Waals surface area contributed by atoms with Gasteiger partial charge in [-0.3, -0.25) is 14.0 Å². The quantitative estimate of drug-likeness (QED) is 0.176. The first kappa shape index (κ1) is 27.7. The van der Waals surface area contributed by atoms with Crippen LogP contribution in [0.1, 0.15) is 0 Å². The summed E-state index contributed by atoms with van der Waals surface area (Å²) >= 11 is 0. The predicted molar refractivity (Wildman–Crippen MR) is 218 cm³/mol. The summed E-state index contributed by atoms with van der Waals surface area (Å²) in [7, 11) is 0. The van der Waals surface area contributed by atoms with E-state index in [1.807, 2.05) is 6.20 Å². The summed E-state index contributed by atoms with van der Waals surface area (Å²) in [5.41, 5.74) is 8.91. The zero-order valence-electron chi connectivity index (χ0n) is 28.0. The largest absolute Gasteiger partial charge is 0.278 e. The van der Waals surface area contributed by atoms with Gasteiger partial charge in [-0.05, 0) is 102 Å². The fourth-order valence-corrected chi connectivity index (χ4v) is 8.99. The van der Waals surface area contributed by atoms with Gasteiger partial charge in [0.25, 0.3) is 0 Å². The van der Waals surface area contributed by atoms with Crippen LogP contribution in [0.4, 0.5) is 0 Å². The summed E-state index contributed by atoms with van der Waals surface area (Å²) < 4.78 is 4.61. The van der Waals surface area contributed by atoms with E-state index < -0.39 is 0 Å². The van der Waals surface area contributed by atoms with E-state index in [0.29, 0.717) is 0 Å². The maximum Gasteiger partial charge on any atom is 0.220 e. The van der Waals surface area contributed by atoms with Gasteiger partial charge in [0.15, 0.2) is 0 Å². The van der Waals surface area contributed by atoms with Crippen molar-refractivity contribution in [3.63, 3.8) is 0 Å². The molecule has 0 fully saturated rings. The lowest BCUT2D eigenvalue weighted by Crippen LogP contribution is -1.96. The smallest absolute Gasteiger partial charge is 0.220 e. The van der Waals surface area contributed by atoms with Crippen LogP contribution >= 0.6 is 0 Å². The van der Waals surface area contributed by atoms with Crippen LogP contribution in [-0.2, 0) is 0 Å². The van der Waals surface area contributed by atoms with E-state index in [1.54, 1.807) is 0 Å². The Bertz CT molecular complexity index is 3480. The minimum Gasteiger partial charge on any atom is -0.278 e. The standard InChI is InChI=1S/C48H28N4/c1-2-13-31-30(12-1)33-26-25-29(51-43-23-7-8-24-44(43)52-42-22-6-5-21-41(42)50-48(51)52)28-40(33)37-19-10-18-36-39-20-11-27-49-47(39)38-15-4-3-14-32(38)35-17-9-16-34(31)45(35)46(36)37/h1-28H. The SMILES string of the molecule is c1ccc2c(c1)nc1n(-c3ccc4c(c3)c3cccc5c3-c3c(cccc3c3ccccc3c3ncccc53)c3ccccc34)c3ccccc3n21. The monoisotopic (exact) mass is 660 g/mol. The molecule has 0 amide bonds. The molecule has 0 spiro atoms. The van der Waals surface area contributed by atoms with Gasteiger partial charge in [-0.1, -0.05) is 121 Å². The Labute approximate surface area is 297 Å². The van der Waals surface area contributed by atoms with Crippen LogP contribution in [0.5, 0.6) is 0 Å². The maximum absolute atomic E-state index is 5.21. The van der Waals surface area contributed by atoms with E-state index >= 15 is 0 Å². The molecule has 12 rings (SSSR count). The molecule has 0 bridgehead atoms. The van der Waals surface area contributed by atoms with E-state index in [4.69, 9.17) is 9.97 Å². The van der Waals surface area contributed by atoms with Gasteiger partial charge in [0.1, 0.15) is 0 Å². The number of pyridine rings is 1. The van der Waals surface area contributed by atoms with Crippen molar-refractivity contribution < 1.29 is 0 Å². The molecule has 3 heterocycles. The number of fused-ring (bicyclic) bond motifs is 15. The van der Waals surface area contributed by atoms with Crippen molar-refractivity contribution in [1.82, 2.24) is 18.9 Å². The predicted octanol–water partition coefficient (Wildman–Crippen LogP) is 12.4. The molecule has 0 atom stereocenters. The Morgan fingerprint density at radius 1 is 0.365 bits per heavy atom. The van der Waals surface area contributed by atoms with Crippen molar-refractivity contribution >= 4 is 92.6 Å². The molecule has 2 aliphatic carbocycles. The zero-order valence-corrected chi connectivity index (χ0v) is 28.0. The molecule has 240 valence electrons. The van der Waals surface area contributed by atoms with E-state index in [0.717, 1.165) is 49.8 Å². The highest BCUT2D eigenvalue weighted by molar-refractivity contribution is 6.31. The molecule has 3 aromatic heterocycles. The molecular formula is C48H28N4. The Morgan fingerprint density at radius 3 is 1.62 bits per heavy atom. The molecule has 0 unspecified atom stereocenters. The van der Waals surface area contributed by atoms with Gasteiger partial charge in [-0.15, -0.1) is 0 Å². The van der Waals surface area contributed by atoms with Gasteiger partial charge in [-0.2, -0.15) is 0 Å². The van der Waals surface area contributed by atoms with Crippen LogP contribution in [0.15, 0.2) is 170 Å². The molecule has 0 radical (unpaired) electrons. The van der Waals surface area contributed by atoms with Gasteiger partial charge in [-0.25, -0.2) is 4.98 Å². The maximum atomic E-state index is 5.21. The van der Waals surface area contributed by atoms with Crippen LogP contribution in [0, 0.1) is 0 Å². The number of para-hydroxylation sites is 4. The Kier molecular flexibility index (Phi) is 5.47. The Morgan fingerprint density at radius 2 is 0.865 bits per heavy atom. The molecule has 7 aromatic carbocycles. The minimum absolute atomic E-state index is 0.904. The molecule has 0 aliphatic heterocycles. The average Bonchev–Trinajstić information content (AvgIpc) is 3.74. The molecule has 2 aliphatic rings. The Balaban J connectivity index is 1.36. The van der Waals surface area contributed by atoms with Crippen LogP contribution in [0.25, 0.3) is 109 Å². The van der Waals surface area contributed by atoms with Crippen LogP contribution in [0.2, 0.25) is 0 Å². The summed E-state index contributed by atoms with van der Waals surface area (Å²) in [6, 6.07) is 59.6. The van der Waals surface area contributed by atoms with Crippen molar-refractivity contribution in [3.05, 3.63) is 170 Å². The first-order valence-corrected chi connectivity index (χ1v) is 17.8. The lowest BCUT2D eigenvalue weighted by molar-refractivity contribution is 1.11. The van der Waals surface area contributed by atoms with Gasteiger partial charge in [0, 0.05) is 22.7 Å². The van der Waals surface area contributed by atoms with Gasteiger partial charge < -0.3 is 0 Å². The topological polar surface area (TPSA) is 35.1 Å². The van der Waals surface area contributed by atoms with Crippen LogP contribution < -0.4 is 0 Å². The third-order valence-electron chi connectivity index (χ3n) is 11.1. The van der Waals surface area contributed by atoms with Gasteiger partial charge >= 0.3 is 0 Å². The fraction of sp³-hybridized carbons (Fsp3) is 0. The number of hydrogen-bond acceptors (Lipinski definition) is 2. The summed E-state index contributed by atoms with van der Waals surface area (Å²) in [6.45, 7) is 0. The average molecular weight is 661 g/mol. The lowest BCUT2D eigenvalue weighted by atomic mass is 9.84. The van der Waals surface area contributed by atoms with E-state index in [-0.39, 0.29) is 0 Å². The number of rotatable bonds is 1. The molecular weight excluding hydrogens is 633 g/mol. The number of nitrogens with zero attached hydrogens (tertiary/aromatic N) is 4. The van der Waals surface area contributed by atoms with Gasteiger partial charge in [0.05, 0.1) is 27.6 Å². The summed E-state index contributed by atoms with van der Waals surface area (Å²) in [5.74, 6) is 0.904. The highest BCUT2D eigenvalue weighted by atomic mass is 15.2. The molecule has 0 N–H and O–H groups in total. The van der Waals surface area contributed by atoms with Crippen molar-refractivity contribution in [2.24, 2.45) is 0 Å². The van der Waals surface area contributed by atoms with Crippen LogP contribution in [0.3, 0.4) is 0 Å². The molecule has 10 aromatic rings. The van der Waals surface area contributed by atoms with E-state index in [9.17, 15) is 0 Å². The normalized spacial score (nSPS) is 12.2. The highest BCUT2D eigenvalue weighted by Gasteiger charge is 2.21. The summed E-state index contributed by atoms with van der Waals surface area (Å²) in [4.78, 5) is 10.2. The van der Waals surface area contributed by atoms with Crippen molar-refractivity contribution in [3.8, 4) is 16.8 Å². The number of hydrogen-bond donors (Lipinski definition) is 0. The van der Waals surface area contributed by atoms with Crippen molar-refractivity contribution in [2.45, 2.75) is 0 Å². The van der Waals surface area contributed by atoms with Gasteiger partial charge in [0.2, 0.25) is 5.78 Å². The number of benzene rings is 7. The second-order valence-electron chi connectivity index (χ2n) is 13.7. The summed E-state index contributed by atoms with van der Waals surface area (Å²) in [5, 5.41) is 13.2. The molecule has 4 nitrogen and oxygen atoms in total. The number of imidazole rings is 2. The van der Waals surface area contributed by atoms with E-state index in [2.05, 4.69) is 173 Å². The highest BCUT2D eigenvalue weighted by Crippen LogP contribution is 2.47. The molecule has 0 saturated carbocycles. The molecule has 0 saturated heterocycles. The van der Waals surface area contributed by atoms with Crippen molar-refractivity contribution in [1.29, 1.82) is 0 Å². The first-order chi connectivity index (χ1) is 25.8. The third kappa shape index (κ3) is 3.60. The van der Waals surface area contributed by atoms with E-state index in [1.165, 1.54) is 59.6 Å². The molecule has 52 heavy (non-hydrogen) atoms. The second kappa shape index (κ2) is 10.3. The fourth-order valence-electron chi connectivity index (χ4n) is 8.99.